The van der Waals surface area contributed by atoms with Crippen LogP contribution >= 0.6 is 15.9 Å². The number of halogens is 1. The zero-order valence-electron chi connectivity index (χ0n) is 10.3. The SMILES string of the molecule is CCc1cc(Br)cc(C2CNCCO2)c1OC. The fraction of sp³-hybridized carbons (Fsp3) is 0.538. The molecule has 0 saturated carbocycles. The molecule has 1 aromatic carbocycles. The van der Waals surface area contributed by atoms with Gasteiger partial charge in [0.1, 0.15) is 5.75 Å². The summed E-state index contributed by atoms with van der Waals surface area (Å²) in [6.45, 7) is 4.65. The van der Waals surface area contributed by atoms with Crippen LogP contribution in [0.5, 0.6) is 5.75 Å². The summed E-state index contributed by atoms with van der Waals surface area (Å²) in [5.74, 6) is 0.962. The molecule has 0 radical (unpaired) electrons. The molecule has 3 nitrogen and oxygen atoms in total. The maximum absolute atomic E-state index is 5.80. The Balaban J connectivity index is 2.39. The number of methoxy groups -OCH3 is 1. The molecular formula is C13H18BrNO2. The Labute approximate surface area is 111 Å². The molecule has 1 unspecified atom stereocenters. The van der Waals surface area contributed by atoms with Crippen molar-refractivity contribution in [2.45, 2.75) is 19.4 Å². The number of hydrogen-bond acceptors (Lipinski definition) is 3. The van der Waals surface area contributed by atoms with E-state index < -0.39 is 0 Å². The Hall–Kier alpha value is -0.580. The number of aryl methyl sites for hydroxylation is 1. The maximum atomic E-state index is 5.80. The largest absolute Gasteiger partial charge is 0.496 e. The third kappa shape index (κ3) is 2.81. The Morgan fingerprint density at radius 2 is 2.35 bits per heavy atom. The first-order valence-electron chi connectivity index (χ1n) is 5.95. The first-order valence-corrected chi connectivity index (χ1v) is 6.74. The lowest BCUT2D eigenvalue weighted by Gasteiger charge is -2.26. The minimum atomic E-state index is 0.0847. The molecule has 1 aliphatic heterocycles. The third-order valence-electron chi connectivity index (χ3n) is 3.02. The van der Waals surface area contributed by atoms with Crippen LogP contribution in [-0.4, -0.2) is 26.8 Å². The monoisotopic (exact) mass is 299 g/mol. The van der Waals surface area contributed by atoms with E-state index in [9.17, 15) is 0 Å². The highest BCUT2D eigenvalue weighted by atomic mass is 79.9. The average Bonchev–Trinajstić information content (AvgIpc) is 2.38. The van der Waals surface area contributed by atoms with E-state index in [4.69, 9.17) is 9.47 Å². The second kappa shape index (κ2) is 5.85. The van der Waals surface area contributed by atoms with E-state index in [0.29, 0.717) is 0 Å². The Kier molecular flexibility index (Phi) is 4.42. The molecule has 1 N–H and O–H groups in total. The van der Waals surface area contributed by atoms with Crippen LogP contribution in [0, 0.1) is 0 Å². The summed E-state index contributed by atoms with van der Waals surface area (Å²) >= 11 is 3.55. The Morgan fingerprint density at radius 1 is 1.53 bits per heavy atom. The van der Waals surface area contributed by atoms with E-state index in [1.54, 1.807) is 7.11 Å². The first-order chi connectivity index (χ1) is 8.26. The average molecular weight is 300 g/mol. The maximum Gasteiger partial charge on any atom is 0.127 e. The summed E-state index contributed by atoms with van der Waals surface area (Å²) in [6, 6.07) is 4.20. The van der Waals surface area contributed by atoms with Gasteiger partial charge < -0.3 is 14.8 Å². The summed E-state index contributed by atoms with van der Waals surface area (Å²) in [5, 5.41) is 3.35. The molecule has 2 rings (SSSR count). The molecule has 17 heavy (non-hydrogen) atoms. The molecule has 4 heteroatoms. The number of hydrogen-bond donors (Lipinski definition) is 1. The summed E-state index contributed by atoms with van der Waals surface area (Å²) in [5.41, 5.74) is 2.34. The highest BCUT2D eigenvalue weighted by Gasteiger charge is 2.21. The lowest BCUT2D eigenvalue weighted by Crippen LogP contribution is -2.33. The van der Waals surface area contributed by atoms with Crippen LogP contribution in [-0.2, 0) is 11.2 Å². The molecular weight excluding hydrogens is 282 g/mol. The predicted molar refractivity (Wildman–Crippen MR) is 71.6 cm³/mol. The highest BCUT2D eigenvalue weighted by molar-refractivity contribution is 9.10. The van der Waals surface area contributed by atoms with Gasteiger partial charge >= 0.3 is 0 Å². The minimum Gasteiger partial charge on any atom is -0.496 e. The van der Waals surface area contributed by atoms with Gasteiger partial charge in [0.2, 0.25) is 0 Å². The topological polar surface area (TPSA) is 30.5 Å². The molecule has 0 spiro atoms. The minimum absolute atomic E-state index is 0.0847. The molecule has 1 saturated heterocycles. The van der Waals surface area contributed by atoms with Crippen LogP contribution < -0.4 is 10.1 Å². The molecule has 1 aromatic rings. The van der Waals surface area contributed by atoms with Gasteiger partial charge in [-0.3, -0.25) is 0 Å². The van der Waals surface area contributed by atoms with Gasteiger partial charge in [-0.05, 0) is 24.1 Å². The van der Waals surface area contributed by atoms with Crippen LogP contribution in [0.2, 0.25) is 0 Å². The van der Waals surface area contributed by atoms with E-state index in [-0.39, 0.29) is 6.10 Å². The van der Waals surface area contributed by atoms with Crippen LogP contribution in [0.25, 0.3) is 0 Å². The van der Waals surface area contributed by atoms with Gasteiger partial charge in [0.05, 0.1) is 19.8 Å². The number of morpholine rings is 1. The lowest BCUT2D eigenvalue weighted by atomic mass is 10.0. The van der Waals surface area contributed by atoms with E-state index >= 15 is 0 Å². The van der Waals surface area contributed by atoms with Crippen LogP contribution in [0.3, 0.4) is 0 Å². The summed E-state index contributed by atoms with van der Waals surface area (Å²) < 4.78 is 12.4. The standard InChI is InChI=1S/C13H18BrNO2/c1-3-9-6-10(14)7-11(13(9)16-2)12-8-15-4-5-17-12/h6-7,12,15H,3-5,8H2,1-2H3. The van der Waals surface area contributed by atoms with Crippen molar-refractivity contribution in [2.24, 2.45) is 0 Å². The molecule has 0 amide bonds. The Bertz CT molecular complexity index is 389. The summed E-state index contributed by atoms with van der Waals surface area (Å²) in [6.07, 6.45) is 1.04. The van der Waals surface area contributed by atoms with E-state index in [0.717, 1.165) is 41.9 Å². The van der Waals surface area contributed by atoms with Crippen LogP contribution in [0.1, 0.15) is 24.2 Å². The smallest absolute Gasteiger partial charge is 0.127 e. The number of rotatable bonds is 3. The van der Waals surface area contributed by atoms with Crippen molar-refractivity contribution in [1.29, 1.82) is 0 Å². The van der Waals surface area contributed by atoms with E-state index in [2.05, 4.69) is 40.3 Å². The highest BCUT2D eigenvalue weighted by Crippen LogP contribution is 2.34. The fourth-order valence-corrected chi connectivity index (χ4v) is 2.71. The van der Waals surface area contributed by atoms with Crippen molar-refractivity contribution in [1.82, 2.24) is 5.32 Å². The third-order valence-corrected chi connectivity index (χ3v) is 3.48. The molecule has 1 aliphatic rings. The van der Waals surface area contributed by atoms with Crippen molar-refractivity contribution in [3.8, 4) is 5.75 Å². The van der Waals surface area contributed by atoms with Crippen molar-refractivity contribution < 1.29 is 9.47 Å². The molecule has 94 valence electrons. The van der Waals surface area contributed by atoms with Crippen LogP contribution in [0.4, 0.5) is 0 Å². The number of ether oxygens (including phenoxy) is 2. The zero-order chi connectivity index (χ0) is 12.3. The zero-order valence-corrected chi connectivity index (χ0v) is 11.8. The Morgan fingerprint density at radius 3 is 2.94 bits per heavy atom. The van der Waals surface area contributed by atoms with Crippen molar-refractivity contribution >= 4 is 15.9 Å². The quantitative estimate of drug-likeness (QED) is 0.931. The van der Waals surface area contributed by atoms with Crippen LogP contribution in [0.15, 0.2) is 16.6 Å². The number of nitrogens with one attached hydrogen (secondary N) is 1. The van der Waals surface area contributed by atoms with E-state index in [1.165, 1.54) is 5.56 Å². The van der Waals surface area contributed by atoms with Gasteiger partial charge in [-0.15, -0.1) is 0 Å². The molecule has 0 aliphatic carbocycles. The van der Waals surface area contributed by atoms with Gasteiger partial charge in [0, 0.05) is 23.1 Å². The van der Waals surface area contributed by atoms with E-state index in [1.807, 2.05) is 0 Å². The summed E-state index contributed by atoms with van der Waals surface area (Å²) in [7, 11) is 1.72. The lowest BCUT2D eigenvalue weighted by molar-refractivity contribution is 0.0261. The van der Waals surface area contributed by atoms with Gasteiger partial charge in [-0.25, -0.2) is 0 Å². The first kappa shape index (κ1) is 12.9. The molecule has 1 fully saturated rings. The predicted octanol–water partition coefficient (Wildman–Crippen LogP) is 2.68. The van der Waals surface area contributed by atoms with Crippen molar-refractivity contribution in [3.63, 3.8) is 0 Å². The molecule has 1 heterocycles. The van der Waals surface area contributed by atoms with Gasteiger partial charge in [-0.1, -0.05) is 22.9 Å². The molecule has 0 aromatic heterocycles. The van der Waals surface area contributed by atoms with Gasteiger partial charge in [0.25, 0.3) is 0 Å². The van der Waals surface area contributed by atoms with Crippen molar-refractivity contribution in [2.75, 3.05) is 26.8 Å². The fourth-order valence-electron chi connectivity index (χ4n) is 2.19. The van der Waals surface area contributed by atoms with Crippen molar-refractivity contribution in [3.05, 3.63) is 27.7 Å². The summed E-state index contributed by atoms with van der Waals surface area (Å²) in [4.78, 5) is 0. The molecule has 1 atom stereocenters. The number of benzene rings is 1. The second-order valence-corrected chi connectivity index (χ2v) is 5.02. The second-order valence-electron chi connectivity index (χ2n) is 4.10. The normalized spacial score (nSPS) is 20.3. The van der Waals surface area contributed by atoms with Gasteiger partial charge in [-0.2, -0.15) is 0 Å². The molecule has 0 bridgehead atoms. The van der Waals surface area contributed by atoms with Gasteiger partial charge in [0.15, 0.2) is 0 Å².